The highest BCUT2D eigenvalue weighted by atomic mass is 16.8. The standard InChI is InChI=1S/C36H60O30/c37-1-7-26-15(44)21(50)31(56-7)55-6-12-13(42)14(43)20(49)32(61-12)62-27-8(2-38)57-34(22(51)16(27)45)64-29-10(4-40)59-36(24(53)18(29)47)66-30-11(5-41)60-35(25(54)19(30)48)65-28-9(3-39)58-33(63-26)23(52)17(28)46/h7-54H,1-6H2/t7?,8?,9?,10?,11?,12?,13-,14?,15?,16?,17?,18?,19?,20?,21?,22?,23?,24?,25?,26-,27-,28-,29-,30-,31+,32-,33-,34-,35-,36-/m1/s1. The van der Waals surface area contributed by atoms with Gasteiger partial charge in [0.05, 0.1) is 39.6 Å². The van der Waals surface area contributed by atoms with Gasteiger partial charge in [0.15, 0.2) is 37.7 Å². The third-order valence-corrected chi connectivity index (χ3v) is 12.7. The Morgan fingerprint density at radius 3 is 0.742 bits per heavy atom. The zero-order chi connectivity index (χ0) is 48.0. The molecule has 0 aromatic heterocycles. The van der Waals surface area contributed by atoms with Crippen molar-refractivity contribution in [3.8, 4) is 0 Å². The van der Waals surface area contributed by atoms with Crippen LogP contribution < -0.4 is 0 Å². The molecule has 18 N–H and O–H groups in total. The lowest BCUT2D eigenvalue weighted by molar-refractivity contribution is -0.399. The quantitative estimate of drug-likeness (QED) is 0.122. The Balaban J connectivity index is 1.18. The van der Waals surface area contributed by atoms with E-state index < -0.39 is 224 Å². The summed E-state index contributed by atoms with van der Waals surface area (Å²) in [6, 6.07) is 0. The number of rotatable bonds is 5. The molecule has 12 bridgehead atoms. The third-order valence-electron chi connectivity index (χ3n) is 12.7. The van der Waals surface area contributed by atoms with Gasteiger partial charge >= 0.3 is 0 Å². The van der Waals surface area contributed by atoms with Gasteiger partial charge in [-0.15, -0.1) is 0 Å². The first-order valence-electron chi connectivity index (χ1n) is 21.1. The molecule has 18 aliphatic rings. The summed E-state index contributed by atoms with van der Waals surface area (Å²) in [6.45, 7) is -5.77. The number of aliphatic hydroxyl groups excluding tert-OH is 18. The monoisotopic (exact) mass is 972 g/mol. The van der Waals surface area contributed by atoms with Crippen molar-refractivity contribution in [1.29, 1.82) is 0 Å². The van der Waals surface area contributed by atoms with Crippen LogP contribution >= 0.6 is 0 Å². The molecule has 0 amide bonds. The highest BCUT2D eigenvalue weighted by Crippen LogP contribution is 2.37. The van der Waals surface area contributed by atoms with Crippen molar-refractivity contribution in [3.63, 3.8) is 0 Å². The van der Waals surface area contributed by atoms with Crippen LogP contribution in [0.5, 0.6) is 0 Å². The molecule has 0 saturated carbocycles. The van der Waals surface area contributed by atoms with Crippen LogP contribution in [0.25, 0.3) is 0 Å². The molecule has 0 spiro atoms. The van der Waals surface area contributed by atoms with E-state index in [9.17, 15) is 91.9 Å². The topological polar surface area (TPSA) is 475 Å². The molecule has 384 valence electrons. The van der Waals surface area contributed by atoms with Gasteiger partial charge in [0.2, 0.25) is 0 Å². The molecular formula is C36H60O30. The largest absolute Gasteiger partial charge is 0.394 e. The molecule has 0 aromatic rings. The van der Waals surface area contributed by atoms with E-state index in [0.29, 0.717) is 0 Å². The summed E-state index contributed by atoms with van der Waals surface area (Å²) in [5.74, 6) is 0. The zero-order valence-electron chi connectivity index (χ0n) is 34.5. The van der Waals surface area contributed by atoms with E-state index in [1.165, 1.54) is 0 Å². The molecule has 18 heterocycles. The molecule has 0 aromatic carbocycles. The van der Waals surface area contributed by atoms with Crippen molar-refractivity contribution in [2.45, 2.75) is 184 Å². The predicted octanol–water partition coefficient (Wildman–Crippen LogP) is -13.1. The molecule has 30 heteroatoms. The first-order valence-corrected chi connectivity index (χ1v) is 21.1. The van der Waals surface area contributed by atoms with Crippen LogP contribution in [0.15, 0.2) is 0 Å². The molecule has 30 nitrogen and oxygen atoms in total. The van der Waals surface area contributed by atoms with E-state index in [1.807, 2.05) is 0 Å². The van der Waals surface area contributed by atoms with Gasteiger partial charge in [-0.2, -0.15) is 0 Å². The minimum atomic E-state index is -2.15. The second-order valence-corrected chi connectivity index (χ2v) is 16.9. The van der Waals surface area contributed by atoms with E-state index in [2.05, 4.69) is 0 Å². The highest BCUT2D eigenvalue weighted by Gasteiger charge is 2.58. The fraction of sp³-hybridized carbons (Fsp3) is 1.00. The first kappa shape index (κ1) is 52.6. The van der Waals surface area contributed by atoms with Crippen molar-refractivity contribution >= 4 is 0 Å². The van der Waals surface area contributed by atoms with Crippen LogP contribution in [0, 0.1) is 0 Å². The summed E-state index contributed by atoms with van der Waals surface area (Å²) in [5.41, 5.74) is 0. The number of hydrogen-bond acceptors (Lipinski definition) is 30. The van der Waals surface area contributed by atoms with E-state index in [1.54, 1.807) is 0 Å². The van der Waals surface area contributed by atoms with E-state index in [-0.39, 0.29) is 0 Å². The van der Waals surface area contributed by atoms with Gasteiger partial charge in [-0.25, -0.2) is 0 Å². The Kier molecular flexibility index (Phi) is 17.6. The lowest BCUT2D eigenvalue weighted by Gasteiger charge is -2.50. The summed E-state index contributed by atoms with van der Waals surface area (Å²) < 4.78 is 67.7. The van der Waals surface area contributed by atoms with Gasteiger partial charge in [-0.05, 0) is 0 Å². The maximum Gasteiger partial charge on any atom is 0.187 e. The third kappa shape index (κ3) is 10.1. The van der Waals surface area contributed by atoms with Crippen molar-refractivity contribution < 1.29 is 149 Å². The van der Waals surface area contributed by atoms with Crippen molar-refractivity contribution in [3.05, 3.63) is 0 Å². The van der Waals surface area contributed by atoms with Gasteiger partial charge in [0, 0.05) is 0 Å². The summed E-state index contributed by atoms with van der Waals surface area (Å²) in [6.07, 6.45) is -58.0. The Bertz CT molecular complexity index is 1450. The molecule has 18 saturated heterocycles. The summed E-state index contributed by atoms with van der Waals surface area (Å²) in [4.78, 5) is 0. The fourth-order valence-electron chi connectivity index (χ4n) is 8.82. The van der Waals surface area contributed by atoms with Gasteiger partial charge in [-0.3, -0.25) is 0 Å². The molecular weight excluding hydrogens is 912 g/mol. The van der Waals surface area contributed by atoms with Gasteiger partial charge in [-0.1, -0.05) is 0 Å². The fourth-order valence-corrected chi connectivity index (χ4v) is 8.82. The van der Waals surface area contributed by atoms with Crippen LogP contribution in [0.1, 0.15) is 0 Å². The Morgan fingerprint density at radius 1 is 0.242 bits per heavy atom. The van der Waals surface area contributed by atoms with Crippen molar-refractivity contribution in [2.75, 3.05) is 39.6 Å². The minimum Gasteiger partial charge on any atom is -0.394 e. The SMILES string of the molecule is OCC1O[C@@H]2O[C@@H]3C(CO)O[C@H](O[C@@H]4C(CO)O[C@H](O[C@@H]5C(CO)O[C@H](O[C@@H]6C(CO)O[C@H](OCC7O[C@H](O[C@H]1C(O)C2O)C(O)C(O)[C@@H]7O)C(O)C6O)C(O)C5O)C(O)C4O)C(O)C3O. The maximum atomic E-state index is 11.2. The van der Waals surface area contributed by atoms with Crippen LogP contribution in [0.2, 0.25) is 0 Å². The number of ether oxygens (including phenoxy) is 12. The molecule has 0 aliphatic carbocycles. The molecule has 18 unspecified atom stereocenters. The van der Waals surface area contributed by atoms with Crippen LogP contribution in [-0.2, 0) is 56.8 Å². The van der Waals surface area contributed by atoms with Crippen molar-refractivity contribution in [1.82, 2.24) is 0 Å². The lowest BCUT2D eigenvalue weighted by atomic mass is 9.95. The highest BCUT2D eigenvalue weighted by molar-refractivity contribution is 5.00. The average Bonchev–Trinajstić information content (AvgIpc) is 3.31. The Hall–Kier alpha value is -1.20. The minimum absolute atomic E-state index is 0.823. The van der Waals surface area contributed by atoms with Crippen LogP contribution in [0.4, 0.5) is 0 Å². The van der Waals surface area contributed by atoms with E-state index >= 15 is 0 Å². The van der Waals surface area contributed by atoms with Crippen LogP contribution in [-0.4, -0.2) is 316 Å². The summed E-state index contributed by atoms with van der Waals surface area (Å²) >= 11 is 0. The average molecular weight is 973 g/mol. The molecule has 30 atom stereocenters. The van der Waals surface area contributed by atoms with Crippen LogP contribution in [0.3, 0.4) is 0 Å². The second-order valence-electron chi connectivity index (χ2n) is 16.9. The lowest BCUT2D eigenvalue weighted by Crippen LogP contribution is -2.68. The maximum absolute atomic E-state index is 11.2. The number of hydrogen-bond donors (Lipinski definition) is 18. The Morgan fingerprint density at radius 2 is 0.470 bits per heavy atom. The van der Waals surface area contributed by atoms with E-state index in [0.717, 1.165) is 0 Å². The van der Waals surface area contributed by atoms with Gasteiger partial charge in [0.25, 0.3) is 0 Å². The normalized spacial score (nSPS) is 55.5. The molecule has 18 fully saturated rings. The first-order chi connectivity index (χ1) is 31.4. The summed E-state index contributed by atoms with van der Waals surface area (Å²) in [7, 11) is 0. The van der Waals surface area contributed by atoms with Crippen molar-refractivity contribution in [2.24, 2.45) is 0 Å². The number of aliphatic hydroxyl groups is 18. The molecule has 66 heavy (non-hydrogen) atoms. The van der Waals surface area contributed by atoms with Gasteiger partial charge in [0.1, 0.15) is 146 Å². The van der Waals surface area contributed by atoms with E-state index in [4.69, 9.17) is 56.8 Å². The second kappa shape index (κ2) is 22.1. The predicted molar refractivity (Wildman–Crippen MR) is 196 cm³/mol. The molecule has 18 aliphatic heterocycles. The molecule has 0 radical (unpaired) electrons. The van der Waals surface area contributed by atoms with Gasteiger partial charge < -0.3 is 149 Å². The molecule has 18 rings (SSSR count). The summed E-state index contributed by atoms with van der Waals surface area (Å²) in [5, 5.41) is 195. The smallest absolute Gasteiger partial charge is 0.187 e. The zero-order valence-corrected chi connectivity index (χ0v) is 34.5. The Labute approximate surface area is 372 Å².